The van der Waals surface area contributed by atoms with Gasteiger partial charge >= 0.3 is 0 Å². The first kappa shape index (κ1) is 13.7. The SMILES string of the molecule is Cn1ncc2c1CCC[C@@H]2NCc1csc(-c2ccco2)n1. The summed E-state index contributed by atoms with van der Waals surface area (Å²) in [7, 11) is 2.03. The lowest BCUT2D eigenvalue weighted by Crippen LogP contribution is -2.25. The topological polar surface area (TPSA) is 55.9 Å². The third-order valence-corrected chi connectivity index (χ3v) is 5.09. The van der Waals surface area contributed by atoms with Gasteiger partial charge in [-0.25, -0.2) is 4.98 Å². The van der Waals surface area contributed by atoms with Crippen molar-refractivity contribution in [3.63, 3.8) is 0 Å². The van der Waals surface area contributed by atoms with Gasteiger partial charge in [0.25, 0.3) is 0 Å². The van der Waals surface area contributed by atoms with Gasteiger partial charge in [-0.05, 0) is 31.4 Å². The maximum absolute atomic E-state index is 5.39. The van der Waals surface area contributed by atoms with Gasteiger partial charge in [0.1, 0.15) is 0 Å². The summed E-state index contributed by atoms with van der Waals surface area (Å²) in [4.78, 5) is 4.64. The molecule has 3 aromatic heterocycles. The van der Waals surface area contributed by atoms with Gasteiger partial charge in [-0.2, -0.15) is 5.10 Å². The second kappa shape index (κ2) is 5.70. The number of fused-ring (bicyclic) bond motifs is 1. The van der Waals surface area contributed by atoms with Gasteiger partial charge in [-0.15, -0.1) is 11.3 Å². The largest absolute Gasteiger partial charge is 0.462 e. The molecule has 1 atom stereocenters. The standard InChI is InChI=1S/C16H18N4OS/c1-20-14-5-2-4-13(12(14)9-18-20)17-8-11-10-22-16(19-11)15-6-3-7-21-15/h3,6-7,9-10,13,17H,2,4-5,8H2,1H3/t13-/m0/s1. The summed E-state index contributed by atoms with van der Waals surface area (Å²) in [6, 6.07) is 4.21. The molecule has 0 aliphatic heterocycles. The first-order valence-corrected chi connectivity index (χ1v) is 8.41. The maximum atomic E-state index is 5.39. The van der Waals surface area contributed by atoms with E-state index in [-0.39, 0.29) is 0 Å². The van der Waals surface area contributed by atoms with Crippen LogP contribution in [0, 0.1) is 0 Å². The average molecular weight is 314 g/mol. The van der Waals surface area contributed by atoms with E-state index in [9.17, 15) is 0 Å². The number of thiazole rings is 1. The second-order valence-corrected chi connectivity index (χ2v) is 6.48. The summed E-state index contributed by atoms with van der Waals surface area (Å²) < 4.78 is 7.39. The molecule has 22 heavy (non-hydrogen) atoms. The van der Waals surface area contributed by atoms with Crippen molar-refractivity contribution in [2.75, 3.05) is 0 Å². The fourth-order valence-electron chi connectivity index (χ4n) is 3.05. The van der Waals surface area contributed by atoms with Crippen LogP contribution in [-0.2, 0) is 20.0 Å². The molecule has 0 saturated heterocycles. The number of hydrogen-bond acceptors (Lipinski definition) is 5. The highest BCUT2D eigenvalue weighted by Gasteiger charge is 2.23. The maximum Gasteiger partial charge on any atom is 0.162 e. The zero-order chi connectivity index (χ0) is 14.9. The van der Waals surface area contributed by atoms with E-state index < -0.39 is 0 Å². The van der Waals surface area contributed by atoms with Gasteiger partial charge in [-0.3, -0.25) is 4.68 Å². The molecule has 5 nitrogen and oxygen atoms in total. The molecule has 0 radical (unpaired) electrons. The van der Waals surface area contributed by atoms with Crippen molar-refractivity contribution >= 4 is 11.3 Å². The minimum atomic E-state index is 0.381. The van der Waals surface area contributed by atoms with Crippen molar-refractivity contribution in [1.29, 1.82) is 0 Å². The molecule has 1 N–H and O–H groups in total. The number of nitrogens with zero attached hydrogens (tertiary/aromatic N) is 3. The van der Waals surface area contributed by atoms with E-state index in [1.807, 2.05) is 30.1 Å². The fraction of sp³-hybridized carbons (Fsp3) is 0.375. The number of hydrogen-bond donors (Lipinski definition) is 1. The molecule has 4 rings (SSSR count). The Labute approximate surface area is 133 Å². The Morgan fingerprint density at radius 2 is 2.45 bits per heavy atom. The molecule has 0 amide bonds. The average Bonchev–Trinajstić information content (AvgIpc) is 3.26. The van der Waals surface area contributed by atoms with Crippen molar-refractivity contribution in [2.24, 2.45) is 7.05 Å². The van der Waals surface area contributed by atoms with Crippen molar-refractivity contribution < 1.29 is 4.42 Å². The molecule has 0 unspecified atom stereocenters. The lowest BCUT2D eigenvalue weighted by molar-refractivity contribution is 0.450. The van der Waals surface area contributed by atoms with E-state index in [0.717, 1.165) is 35.8 Å². The highest BCUT2D eigenvalue weighted by molar-refractivity contribution is 7.13. The minimum Gasteiger partial charge on any atom is -0.462 e. The first-order valence-electron chi connectivity index (χ1n) is 7.53. The van der Waals surface area contributed by atoms with Crippen molar-refractivity contribution in [3.05, 3.63) is 46.9 Å². The van der Waals surface area contributed by atoms with Crippen LogP contribution >= 0.6 is 11.3 Å². The quantitative estimate of drug-likeness (QED) is 0.803. The molecule has 3 heterocycles. The summed E-state index contributed by atoms with van der Waals surface area (Å²) in [6.07, 6.45) is 7.18. The predicted molar refractivity (Wildman–Crippen MR) is 85.5 cm³/mol. The van der Waals surface area contributed by atoms with Crippen LogP contribution in [0.5, 0.6) is 0 Å². The molecule has 3 aromatic rings. The lowest BCUT2D eigenvalue weighted by Gasteiger charge is -2.23. The molecule has 0 aromatic carbocycles. The van der Waals surface area contributed by atoms with E-state index >= 15 is 0 Å². The van der Waals surface area contributed by atoms with Crippen molar-refractivity contribution in [3.8, 4) is 10.8 Å². The molecule has 1 aliphatic rings. The number of furan rings is 1. The molecule has 0 bridgehead atoms. The molecule has 114 valence electrons. The van der Waals surface area contributed by atoms with E-state index in [1.165, 1.54) is 17.7 Å². The van der Waals surface area contributed by atoms with Crippen LogP contribution in [0.1, 0.15) is 35.8 Å². The summed E-state index contributed by atoms with van der Waals surface area (Å²) in [5, 5.41) is 11.1. The number of rotatable bonds is 4. The minimum absolute atomic E-state index is 0.381. The summed E-state index contributed by atoms with van der Waals surface area (Å²) in [5.74, 6) is 0.837. The molecular weight excluding hydrogens is 296 g/mol. The Kier molecular flexibility index (Phi) is 3.56. The van der Waals surface area contributed by atoms with E-state index in [4.69, 9.17) is 4.42 Å². The summed E-state index contributed by atoms with van der Waals surface area (Å²) in [5.41, 5.74) is 3.76. The summed E-state index contributed by atoms with van der Waals surface area (Å²) >= 11 is 1.62. The van der Waals surface area contributed by atoms with Gasteiger partial charge in [0.2, 0.25) is 0 Å². The molecular formula is C16H18N4OS. The third kappa shape index (κ3) is 2.48. The Morgan fingerprint density at radius 3 is 3.32 bits per heavy atom. The van der Waals surface area contributed by atoms with Gasteiger partial charge in [0, 0.05) is 36.3 Å². The monoisotopic (exact) mass is 314 g/mol. The number of aromatic nitrogens is 3. The highest BCUT2D eigenvalue weighted by atomic mass is 32.1. The normalized spacial score (nSPS) is 17.6. The van der Waals surface area contributed by atoms with Crippen LogP contribution in [-0.4, -0.2) is 14.8 Å². The Bertz CT molecular complexity index is 759. The molecule has 0 saturated carbocycles. The van der Waals surface area contributed by atoms with Crippen LogP contribution in [0.2, 0.25) is 0 Å². The van der Waals surface area contributed by atoms with Crippen LogP contribution in [0.3, 0.4) is 0 Å². The molecule has 6 heteroatoms. The van der Waals surface area contributed by atoms with Gasteiger partial charge in [0.05, 0.1) is 18.2 Å². The van der Waals surface area contributed by atoms with Crippen LogP contribution in [0.25, 0.3) is 10.8 Å². The van der Waals surface area contributed by atoms with Crippen molar-refractivity contribution in [1.82, 2.24) is 20.1 Å². The van der Waals surface area contributed by atoms with E-state index in [2.05, 4.69) is 20.8 Å². The Balaban J connectivity index is 1.45. The smallest absolute Gasteiger partial charge is 0.162 e. The summed E-state index contributed by atoms with van der Waals surface area (Å²) in [6.45, 7) is 0.774. The number of aryl methyl sites for hydroxylation is 1. The fourth-order valence-corrected chi connectivity index (χ4v) is 3.83. The molecule has 1 aliphatic carbocycles. The van der Waals surface area contributed by atoms with E-state index in [0.29, 0.717) is 6.04 Å². The molecule has 0 fully saturated rings. The van der Waals surface area contributed by atoms with Crippen molar-refractivity contribution in [2.45, 2.75) is 31.8 Å². The van der Waals surface area contributed by atoms with Gasteiger partial charge in [-0.1, -0.05) is 0 Å². The van der Waals surface area contributed by atoms with Crippen LogP contribution in [0.4, 0.5) is 0 Å². The highest BCUT2D eigenvalue weighted by Crippen LogP contribution is 2.30. The Morgan fingerprint density at radius 1 is 1.50 bits per heavy atom. The van der Waals surface area contributed by atoms with Gasteiger partial charge < -0.3 is 9.73 Å². The number of nitrogens with one attached hydrogen (secondary N) is 1. The molecule has 0 spiro atoms. The van der Waals surface area contributed by atoms with Crippen LogP contribution < -0.4 is 5.32 Å². The first-order chi connectivity index (χ1) is 10.8. The van der Waals surface area contributed by atoms with E-state index in [1.54, 1.807) is 17.6 Å². The van der Waals surface area contributed by atoms with Crippen LogP contribution in [0.15, 0.2) is 34.4 Å². The second-order valence-electron chi connectivity index (χ2n) is 5.62. The van der Waals surface area contributed by atoms with Gasteiger partial charge in [0.15, 0.2) is 10.8 Å². The zero-order valence-corrected chi connectivity index (χ0v) is 13.3. The Hall–Kier alpha value is -1.92. The third-order valence-electron chi connectivity index (χ3n) is 4.19. The predicted octanol–water partition coefficient (Wildman–Crippen LogP) is 3.30. The zero-order valence-electron chi connectivity index (χ0n) is 12.5. The lowest BCUT2D eigenvalue weighted by atomic mass is 9.93.